The molecule has 0 fully saturated rings. The molecule has 0 radical (unpaired) electrons. The molecule has 0 amide bonds. The van der Waals surface area contributed by atoms with Gasteiger partial charge in [-0.1, -0.05) is 48.5 Å². The fraction of sp³-hybridized carbons (Fsp3) is 0.294. The topological polar surface area (TPSA) is 12.0 Å². The zero-order valence-corrected chi connectivity index (χ0v) is 13.4. The highest BCUT2D eigenvalue weighted by molar-refractivity contribution is 14.1. The number of hydrogen-bond donors (Lipinski definition) is 1. The summed E-state index contributed by atoms with van der Waals surface area (Å²) in [4.78, 5) is 0. The Morgan fingerprint density at radius 2 is 1.68 bits per heavy atom. The van der Waals surface area contributed by atoms with E-state index in [-0.39, 0.29) is 0 Å². The van der Waals surface area contributed by atoms with Gasteiger partial charge in [-0.05, 0) is 66.1 Å². The van der Waals surface area contributed by atoms with Gasteiger partial charge in [0, 0.05) is 9.61 Å². The third-order valence-electron chi connectivity index (χ3n) is 3.23. The van der Waals surface area contributed by atoms with Crippen molar-refractivity contribution in [3.05, 3.63) is 69.3 Å². The average Bonchev–Trinajstić information content (AvgIpc) is 2.42. The summed E-state index contributed by atoms with van der Waals surface area (Å²) in [6.07, 6.45) is 2.19. The quantitative estimate of drug-likeness (QED) is 0.762. The van der Waals surface area contributed by atoms with E-state index in [1.807, 2.05) is 0 Å². The van der Waals surface area contributed by atoms with Crippen molar-refractivity contribution in [1.29, 1.82) is 0 Å². The maximum Gasteiger partial charge on any atom is 0.0162 e. The molecule has 0 aliphatic heterocycles. The fourth-order valence-corrected chi connectivity index (χ4v) is 2.85. The minimum absolute atomic E-state index is 0.517. The molecule has 1 nitrogen and oxygen atoms in total. The van der Waals surface area contributed by atoms with Crippen LogP contribution in [0.1, 0.15) is 18.1 Å². The van der Waals surface area contributed by atoms with Crippen LogP contribution in [-0.2, 0) is 12.8 Å². The van der Waals surface area contributed by atoms with Crippen LogP contribution in [0.25, 0.3) is 0 Å². The summed E-state index contributed by atoms with van der Waals surface area (Å²) in [5.41, 5.74) is 2.83. The Morgan fingerprint density at radius 1 is 1.00 bits per heavy atom. The van der Waals surface area contributed by atoms with Crippen molar-refractivity contribution in [3.63, 3.8) is 0 Å². The Bertz CT molecular complexity index is 496. The van der Waals surface area contributed by atoms with Crippen LogP contribution in [0, 0.1) is 3.57 Å². The second kappa shape index (κ2) is 7.65. The van der Waals surface area contributed by atoms with Gasteiger partial charge in [-0.3, -0.25) is 0 Å². The highest BCUT2D eigenvalue weighted by Gasteiger charge is 2.03. The Morgan fingerprint density at radius 3 is 2.42 bits per heavy atom. The Labute approximate surface area is 129 Å². The molecule has 1 atom stereocenters. The van der Waals surface area contributed by atoms with Crippen molar-refractivity contribution in [2.75, 3.05) is 6.54 Å². The molecule has 2 rings (SSSR count). The van der Waals surface area contributed by atoms with Crippen LogP contribution in [0.3, 0.4) is 0 Å². The largest absolute Gasteiger partial charge is 0.314 e. The second-order valence-electron chi connectivity index (χ2n) is 4.89. The minimum atomic E-state index is 0.517. The van der Waals surface area contributed by atoms with Crippen LogP contribution in [0.2, 0.25) is 0 Å². The van der Waals surface area contributed by atoms with E-state index in [1.165, 1.54) is 14.7 Å². The van der Waals surface area contributed by atoms with E-state index < -0.39 is 0 Å². The van der Waals surface area contributed by atoms with Crippen LogP contribution >= 0.6 is 22.6 Å². The lowest BCUT2D eigenvalue weighted by atomic mass is 10.1. The second-order valence-corrected chi connectivity index (χ2v) is 6.05. The summed E-state index contributed by atoms with van der Waals surface area (Å²) in [7, 11) is 0. The average molecular weight is 365 g/mol. The van der Waals surface area contributed by atoms with Gasteiger partial charge < -0.3 is 5.32 Å². The molecule has 19 heavy (non-hydrogen) atoms. The van der Waals surface area contributed by atoms with Crippen molar-refractivity contribution >= 4 is 22.6 Å². The molecule has 2 aromatic carbocycles. The lowest BCUT2D eigenvalue weighted by Gasteiger charge is -2.14. The highest BCUT2D eigenvalue weighted by atomic mass is 127. The molecule has 0 aromatic heterocycles. The number of rotatable bonds is 6. The Kier molecular flexibility index (Phi) is 5.86. The predicted molar refractivity (Wildman–Crippen MR) is 90.5 cm³/mol. The third kappa shape index (κ3) is 4.96. The lowest BCUT2D eigenvalue weighted by molar-refractivity contribution is 0.548. The number of halogens is 1. The minimum Gasteiger partial charge on any atom is -0.314 e. The van der Waals surface area contributed by atoms with Crippen molar-refractivity contribution < 1.29 is 0 Å². The first-order valence-corrected chi connectivity index (χ1v) is 7.84. The zero-order valence-electron chi connectivity index (χ0n) is 11.3. The third-order valence-corrected chi connectivity index (χ3v) is 4.28. The first kappa shape index (κ1) is 14.5. The van der Waals surface area contributed by atoms with E-state index >= 15 is 0 Å². The van der Waals surface area contributed by atoms with Gasteiger partial charge in [-0.15, -0.1) is 0 Å². The molecule has 0 saturated heterocycles. The summed E-state index contributed by atoms with van der Waals surface area (Å²) >= 11 is 2.41. The molecule has 0 heterocycles. The van der Waals surface area contributed by atoms with Crippen molar-refractivity contribution in [2.45, 2.75) is 25.8 Å². The molecule has 1 N–H and O–H groups in total. The van der Waals surface area contributed by atoms with Gasteiger partial charge in [-0.25, -0.2) is 0 Å². The smallest absolute Gasteiger partial charge is 0.0162 e. The summed E-state index contributed by atoms with van der Waals surface area (Å²) in [5, 5.41) is 3.60. The first-order valence-electron chi connectivity index (χ1n) is 6.76. The predicted octanol–water partition coefficient (Wildman–Crippen LogP) is 4.05. The first-order chi connectivity index (χ1) is 9.25. The van der Waals surface area contributed by atoms with Gasteiger partial charge in [-0.2, -0.15) is 0 Å². The molecule has 0 saturated carbocycles. The normalized spacial score (nSPS) is 12.3. The van der Waals surface area contributed by atoms with E-state index in [0.29, 0.717) is 6.04 Å². The van der Waals surface area contributed by atoms with E-state index in [4.69, 9.17) is 0 Å². The maximum atomic E-state index is 3.60. The molecular formula is C17H20IN. The van der Waals surface area contributed by atoms with Crippen LogP contribution in [0.15, 0.2) is 54.6 Å². The van der Waals surface area contributed by atoms with E-state index in [1.54, 1.807) is 0 Å². The van der Waals surface area contributed by atoms with Gasteiger partial charge in [0.2, 0.25) is 0 Å². The zero-order chi connectivity index (χ0) is 13.5. The van der Waals surface area contributed by atoms with Gasteiger partial charge in [0.1, 0.15) is 0 Å². The summed E-state index contributed by atoms with van der Waals surface area (Å²) in [6, 6.07) is 19.8. The highest BCUT2D eigenvalue weighted by Crippen LogP contribution is 2.11. The molecule has 0 bridgehead atoms. The molecule has 0 aliphatic rings. The number of hydrogen-bond acceptors (Lipinski definition) is 1. The van der Waals surface area contributed by atoms with Crippen LogP contribution in [0.5, 0.6) is 0 Å². The molecule has 0 spiro atoms. The fourth-order valence-electron chi connectivity index (χ4n) is 2.19. The summed E-state index contributed by atoms with van der Waals surface area (Å²) < 4.78 is 1.36. The van der Waals surface area contributed by atoms with E-state index in [2.05, 4.69) is 89.4 Å². The summed E-state index contributed by atoms with van der Waals surface area (Å²) in [6.45, 7) is 3.29. The summed E-state index contributed by atoms with van der Waals surface area (Å²) in [5.74, 6) is 0. The molecular weight excluding hydrogens is 345 g/mol. The monoisotopic (exact) mass is 365 g/mol. The Balaban J connectivity index is 1.75. The van der Waals surface area contributed by atoms with Crippen molar-refractivity contribution in [3.8, 4) is 0 Å². The van der Waals surface area contributed by atoms with Crippen molar-refractivity contribution in [2.24, 2.45) is 0 Å². The standard InChI is InChI=1S/C17H20IN/c1-14(13-15-7-3-2-4-8-15)19-12-11-16-9-5-6-10-17(16)18/h2-10,14,19H,11-13H2,1H3. The lowest BCUT2D eigenvalue weighted by Crippen LogP contribution is -2.30. The van der Waals surface area contributed by atoms with Gasteiger partial charge >= 0.3 is 0 Å². The van der Waals surface area contributed by atoms with Gasteiger partial charge in [0.05, 0.1) is 0 Å². The maximum absolute atomic E-state index is 3.60. The molecule has 100 valence electrons. The molecule has 2 aromatic rings. The number of benzene rings is 2. The van der Waals surface area contributed by atoms with Crippen LogP contribution in [0.4, 0.5) is 0 Å². The van der Waals surface area contributed by atoms with Crippen molar-refractivity contribution in [1.82, 2.24) is 5.32 Å². The van der Waals surface area contributed by atoms with Crippen LogP contribution < -0.4 is 5.32 Å². The van der Waals surface area contributed by atoms with Crippen LogP contribution in [-0.4, -0.2) is 12.6 Å². The van der Waals surface area contributed by atoms with Gasteiger partial charge in [0.15, 0.2) is 0 Å². The Hall–Kier alpha value is -0.870. The molecule has 0 aliphatic carbocycles. The van der Waals surface area contributed by atoms with E-state index in [0.717, 1.165) is 19.4 Å². The van der Waals surface area contributed by atoms with E-state index in [9.17, 15) is 0 Å². The number of nitrogens with one attached hydrogen (secondary N) is 1. The molecule has 2 heteroatoms. The van der Waals surface area contributed by atoms with Gasteiger partial charge in [0.25, 0.3) is 0 Å². The SMILES string of the molecule is CC(Cc1ccccc1)NCCc1ccccc1I. The molecule has 1 unspecified atom stereocenters.